The SMILES string of the molecule is CC(NC1(C(F)(F)F)CC1)c1ccc(Cl)c(Cl)c1. The molecule has 1 atom stereocenters. The molecule has 1 aliphatic rings. The van der Waals surface area contributed by atoms with Crippen molar-refractivity contribution in [3.05, 3.63) is 33.8 Å². The Morgan fingerprint density at radius 2 is 1.83 bits per heavy atom. The third kappa shape index (κ3) is 2.60. The van der Waals surface area contributed by atoms with Crippen molar-refractivity contribution >= 4 is 23.2 Å². The fourth-order valence-electron chi connectivity index (χ4n) is 1.91. The summed E-state index contributed by atoms with van der Waals surface area (Å²) in [5.74, 6) is 0. The molecule has 1 N–H and O–H groups in total. The van der Waals surface area contributed by atoms with Crippen molar-refractivity contribution in [3.8, 4) is 0 Å². The number of hydrogen-bond acceptors (Lipinski definition) is 1. The topological polar surface area (TPSA) is 12.0 Å². The highest BCUT2D eigenvalue weighted by atomic mass is 35.5. The van der Waals surface area contributed by atoms with Crippen molar-refractivity contribution in [2.45, 2.75) is 37.5 Å². The van der Waals surface area contributed by atoms with E-state index in [1.54, 1.807) is 25.1 Å². The first-order valence-corrected chi connectivity index (χ1v) is 6.30. The van der Waals surface area contributed by atoms with Gasteiger partial charge in [0, 0.05) is 6.04 Å². The smallest absolute Gasteiger partial charge is 0.297 e. The molecule has 0 saturated heterocycles. The Morgan fingerprint density at radius 3 is 2.28 bits per heavy atom. The molecule has 1 nitrogen and oxygen atoms in total. The van der Waals surface area contributed by atoms with Gasteiger partial charge in [-0.1, -0.05) is 29.3 Å². The molecule has 1 aromatic carbocycles. The second kappa shape index (κ2) is 4.58. The minimum Gasteiger partial charge on any atom is -0.297 e. The zero-order valence-electron chi connectivity index (χ0n) is 9.61. The fraction of sp³-hybridized carbons (Fsp3) is 0.500. The van der Waals surface area contributed by atoms with E-state index in [9.17, 15) is 13.2 Å². The van der Waals surface area contributed by atoms with Crippen LogP contribution in [0.25, 0.3) is 0 Å². The van der Waals surface area contributed by atoms with Gasteiger partial charge >= 0.3 is 6.18 Å². The molecule has 0 heterocycles. The normalized spacial score (nSPS) is 19.7. The molecule has 0 radical (unpaired) electrons. The van der Waals surface area contributed by atoms with Gasteiger partial charge in [-0.15, -0.1) is 0 Å². The summed E-state index contributed by atoms with van der Waals surface area (Å²) in [6.45, 7) is 1.69. The van der Waals surface area contributed by atoms with Gasteiger partial charge in [-0.3, -0.25) is 5.32 Å². The standard InChI is InChI=1S/C12H12Cl2F3N/c1-7(8-2-3-9(13)10(14)6-8)18-11(4-5-11)12(15,16)17/h2-3,6-7,18H,4-5H2,1H3. The van der Waals surface area contributed by atoms with Gasteiger partial charge in [0.1, 0.15) is 5.54 Å². The lowest BCUT2D eigenvalue weighted by Gasteiger charge is -2.25. The van der Waals surface area contributed by atoms with Crippen LogP contribution in [0.2, 0.25) is 10.0 Å². The number of alkyl halides is 3. The number of benzene rings is 1. The Kier molecular flexibility index (Phi) is 3.56. The van der Waals surface area contributed by atoms with E-state index in [0.717, 1.165) is 0 Å². The molecule has 1 aromatic rings. The van der Waals surface area contributed by atoms with Crippen LogP contribution in [0.5, 0.6) is 0 Å². The van der Waals surface area contributed by atoms with Crippen molar-refractivity contribution in [2.24, 2.45) is 0 Å². The van der Waals surface area contributed by atoms with Crippen LogP contribution in [-0.4, -0.2) is 11.7 Å². The molecule has 1 aliphatic carbocycles. The molecule has 1 saturated carbocycles. The molecule has 0 amide bonds. The summed E-state index contributed by atoms with van der Waals surface area (Å²) in [5, 5.41) is 3.38. The first-order valence-electron chi connectivity index (χ1n) is 5.54. The third-order valence-corrected chi connectivity index (χ3v) is 3.97. The Balaban J connectivity index is 2.13. The van der Waals surface area contributed by atoms with E-state index in [4.69, 9.17) is 23.2 Å². The molecule has 100 valence electrons. The van der Waals surface area contributed by atoms with Crippen molar-refractivity contribution in [3.63, 3.8) is 0 Å². The molecule has 6 heteroatoms. The second-order valence-corrected chi connectivity index (χ2v) is 5.43. The number of rotatable bonds is 3. The van der Waals surface area contributed by atoms with Crippen LogP contribution in [0.1, 0.15) is 31.4 Å². The van der Waals surface area contributed by atoms with Crippen molar-refractivity contribution in [2.75, 3.05) is 0 Å². The van der Waals surface area contributed by atoms with Crippen LogP contribution in [0.3, 0.4) is 0 Å². The van der Waals surface area contributed by atoms with Gasteiger partial charge in [0.05, 0.1) is 10.0 Å². The predicted octanol–water partition coefficient (Wildman–Crippen LogP) is 4.74. The van der Waals surface area contributed by atoms with Gasteiger partial charge in [-0.2, -0.15) is 13.2 Å². The number of nitrogens with one attached hydrogen (secondary N) is 1. The highest BCUT2D eigenvalue weighted by molar-refractivity contribution is 6.42. The van der Waals surface area contributed by atoms with E-state index in [0.29, 0.717) is 15.6 Å². The monoisotopic (exact) mass is 297 g/mol. The third-order valence-electron chi connectivity index (χ3n) is 3.23. The minimum atomic E-state index is -4.21. The lowest BCUT2D eigenvalue weighted by atomic mass is 10.1. The summed E-state index contributed by atoms with van der Waals surface area (Å²) >= 11 is 11.6. The Labute approximate surface area is 113 Å². The van der Waals surface area contributed by atoms with E-state index in [-0.39, 0.29) is 12.8 Å². The molecule has 0 bridgehead atoms. The van der Waals surface area contributed by atoms with Crippen LogP contribution in [0.15, 0.2) is 18.2 Å². The highest BCUT2D eigenvalue weighted by Crippen LogP contribution is 2.50. The van der Waals surface area contributed by atoms with Crippen LogP contribution in [0.4, 0.5) is 13.2 Å². The van der Waals surface area contributed by atoms with Crippen LogP contribution < -0.4 is 5.32 Å². The largest absolute Gasteiger partial charge is 0.406 e. The van der Waals surface area contributed by atoms with Gasteiger partial charge in [0.15, 0.2) is 0 Å². The van der Waals surface area contributed by atoms with Gasteiger partial charge in [0.25, 0.3) is 0 Å². The van der Waals surface area contributed by atoms with Crippen LogP contribution in [-0.2, 0) is 0 Å². The molecule has 0 spiro atoms. The summed E-state index contributed by atoms with van der Waals surface area (Å²) in [7, 11) is 0. The number of hydrogen-bond donors (Lipinski definition) is 1. The number of halogens is 5. The highest BCUT2D eigenvalue weighted by Gasteiger charge is 2.63. The summed E-state index contributed by atoms with van der Waals surface area (Å²) in [6.07, 6.45) is -3.96. The molecule has 1 unspecified atom stereocenters. The van der Waals surface area contributed by atoms with Gasteiger partial charge in [0.2, 0.25) is 0 Å². The average molecular weight is 298 g/mol. The molecule has 0 aliphatic heterocycles. The average Bonchev–Trinajstić information content (AvgIpc) is 3.02. The van der Waals surface area contributed by atoms with E-state index >= 15 is 0 Å². The molecular formula is C12H12Cl2F3N. The van der Waals surface area contributed by atoms with Crippen molar-refractivity contribution in [1.29, 1.82) is 0 Å². The molecule has 1 fully saturated rings. The first kappa shape index (κ1) is 14.0. The Hall–Kier alpha value is -0.450. The van der Waals surface area contributed by atoms with Gasteiger partial charge in [-0.25, -0.2) is 0 Å². The molecule has 2 rings (SSSR count). The van der Waals surface area contributed by atoms with E-state index in [1.807, 2.05) is 0 Å². The fourth-order valence-corrected chi connectivity index (χ4v) is 2.22. The maximum Gasteiger partial charge on any atom is 0.406 e. The van der Waals surface area contributed by atoms with E-state index < -0.39 is 17.8 Å². The lowest BCUT2D eigenvalue weighted by molar-refractivity contribution is -0.167. The van der Waals surface area contributed by atoms with Crippen LogP contribution >= 0.6 is 23.2 Å². The summed E-state index contributed by atoms with van der Waals surface area (Å²) in [5.41, 5.74) is -1.03. The first-order chi connectivity index (χ1) is 8.25. The second-order valence-electron chi connectivity index (χ2n) is 4.62. The molecule has 0 aromatic heterocycles. The predicted molar refractivity (Wildman–Crippen MR) is 66.0 cm³/mol. The van der Waals surface area contributed by atoms with Crippen molar-refractivity contribution < 1.29 is 13.2 Å². The lowest BCUT2D eigenvalue weighted by Crippen LogP contribution is -2.45. The van der Waals surface area contributed by atoms with E-state index in [2.05, 4.69) is 5.32 Å². The van der Waals surface area contributed by atoms with E-state index in [1.165, 1.54) is 0 Å². The van der Waals surface area contributed by atoms with Crippen molar-refractivity contribution in [1.82, 2.24) is 5.32 Å². The summed E-state index contributed by atoms with van der Waals surface area (Å²) < 4.78 is 38.4. The van der Waals surface area contributed by atoms with Gasteiger partial charge in [-0.05, 0) is 37.5 Å². The Morgan fingerprint density at radius 1 is 1.22 bits per heavy atom. The quantitative estimate of drug-likeness (QED) is 0.850. The zero-order valence-corrected chi connectivity index (χ0v) is 11.1. The minimum absolute atomic E-state index is 0.127. The van der Waals surface area contributed by atoms with Crippen LogP contribution in [0, 0.1) is 0 Å². The molecular weight excluding hydrogens is 286 g/mol. The Bertz CT molecular complexity index is 455. The summed E-state index contributed by atoms with van der Waals surface area (Å²) in [4.78, 5) is 0. The molecule has 18 heavy (non-hydrogen) atoms. The maximum atomic E-state index is 12.8. The zero-order chi connectivity index (χ0) is 13.6. The summed E-state index contributed by atoms with van der Waals surface area (Å²) in [6, 6.07) is 4.43. The maximum absolute atomic E-state index is 12.8. The van der Waals surface area contributed by atoms with Gasteiger partial charge < -0.3 is 0 Å².